The number of benzene rings is 8. The summed E-state index contributed by atoms with van der Waals surface area (Å²) in [7, 11) is 0. The van der Waals surface area contributed by atoms with E-state index in [1.165, 1.54) is 42.4 Å². The average molecular weight is 671 g/mol. The highest BCUT2D eigenvalue weighted by Gasteiger charge is 2.21. The molecular formula is C48H34N2S. The highest BCUT2D eigenvalue weighted by Crippen LogP contribution is 2.48. The van der Waals surface area contributed by atoms with E-state index in [1.807, 2.05) is 11.3 Å². The molecule has 0 unspecified atom stereocenters. The molecule has 9 rings (SSSR count). The zero-order valence-corrected chi connectivity index (χ0v) is 28.7. The average Bonchev–Trinajstić information content (AvgIpc) is 3.59. The summed E-state index contributed by atoms with van der Waals surface area (Å²) < 4.78 is 2.53. The Balaban J connectivity index is 1.26. The zero-order chi connectivity index (χ0) is 34.0. The molecule has 9 aromatic rings. The lowest BCUT2D eigenvalue weighted by Gasteiger charge is -2.28. The first-order valence-corrected chi connectivity index (χ1v) is 18.1. The molecule has 2 nitrogen and oxygen atoms in total. The predicted octanol–water partition coefficient (Wildman–Crippen LogP) is 14.3. The largest absolute Gasteiger partial charge is 0.310 e. The van der Waals surface area contributed by atoms with E-state index in [2.05, 4.69) is 216 Å². The van der Waals surface area contributed by atoms with E-state index in [0.717, 1.165) is 34.1 Å². The number of thiophene rings is 1. The van der Waals surface area contributed by atoms with E-state index < -0.39 is 0 Å². The third kappa shape index (κ3) is 5.84. The van der Waals surface area contributed by atoms with Gasteiger partial charge in [0, 0.05) is 48.5 Å². The molecule has 0 amide bonds. The quantitative estimate of drug-likeness (QED) is 0.159. The third-order valence-corrected chi connectivity index (χ3v) is 10.6. The summed E-state index contributed by atoms with van der Waals surface area (Å²) in [5.41, 5.74) is 11.5. The van der Waals surface area contributed by atoms with Crippen molar-refractivity contribution in [2.75, 3.05) is 9.80 Å². The molecule has 0 saturated carbocycles. The van der Waals surface area contributed by atoms with Crippen LogP contribution in [0.2, 0.25) is 0 Å². The van der Waals surface area contributed by atoms with Crippen LogP contribution in [0, 0.1) is 0 Å². The van der Waals surface area contributed by atoms with Gasteiger partial charge in [-0.05, 0) is 89.5 Å². The van der Waals surface area contributed by atoms with Gasteiger partial charge in [0.15, 0.2) is 0 Å². The minimum Gasteiger partial charge on any atom is -0.310 e. The second-order valence-corrected chi connectivity index (χ2v) is 13.7. The molecule has 0 fully saturated rings. The molecule has 0 aliphatic carbocycles. The minimum absolute atomic E-state index is 1.10. The summed E-state index contributed by atoms with van der Waals surface area (Å²) in [6.07, 6.45) is 0. The van der Waals surface area contributed by atoms with Crippen LogP contribution in [-0.2, 0) is 0 Å². The third-order valence-electron chi connectivity index (χ3n) is 9.45. The molecule has 0 radical (unpaired) electrons. The second kappa shape index (κ2) is 13.5. The van der Waals surface area contributed by atoms with Crippen LogP contribution in [0.15, 0.2) is 206 Å². The fourth-order valence-electron chi connectivity index (χ4n) is 7.09. The van der Waals surface area contributed by atoms with Crippen molar-refractivity contribution in [3.8, 4) is 22.3 Å². The highest BCUT2D eigenvalue weighted by molar-refractivity contribution is 7.26. The first-order chi connectivity index (χ1) is 25.3. The van der Waals surface area contributed by atoms with Crippen LogP contribution in [0.3, 0.4) is 0 Å². The van der Waals surface area contributed by atoms with Gasteiger partial charge < -0.3 is 9.80 Å². The van der Waals surface area contributed by atoms with E-state index in [1.54, 1.807) is 0 Å². The second-order valence-electron chi connectivity index (χ2n) is 12.6. The Morgan fingerprint density at radius 2 is 0.804 bits per heavy atom. The fourth-order valence-corrected chi connectivity index (χ4v) is 8.20. The van der Waals surface area contributed by atoms with Gasteiger partial charge in [-0.25, -0.2) is 0 Å². The molecule has 0 spiro atoms. The van der Waals surface area contributed by atoms with Gasteiger partial charge in [-0.2, -0.15) is 0 Å². The Morgan fingerprint density at radius 3 is 1.47 bits per heavy atom. The molecule has 0 aliphatic heterocycles. The fraction of sp³-hybridized carbons (Fsp3) is 0. The van der Waals surface area contributed by atoms with Crippen LogP contribution in [0.25, 0.3) is 42.4 Å². The first kappa shape index (κ1) is 30.6. The van der Waals surface area contributed by atoms with Crippen molar-refractivity contribution in [1.29, 1.82) is 0 Å². The molecule has 1 heterocycles. The molecule has 0 saturated heterocycles. The smallest absolute Gasteiger partial charge is 0.0554 e. The Bertz CT molecular complexity index is 2520. The van der Waals surface area contributed by atoms with Crippen molar-refractivity contribution >= 4 is 65.6 Å². The summed E-state index contributed by atoms with van der Waals surface area (Å²) in [4.78, 5) is 4.79. The van der Waals surface area contributed by atoms with Gasteiger partial charge in [0.25, 0.3) is 0 Å². The number of hydrogen-bond acceptors (Lipinski definition) is 3. The summed E-state index contributed by atoms with van der Waals surface area (Å²) in [5, 5.41) is 2.49. The van der Waals surface area contributed by atoms with Crippen LogP contribution < -0.4 is 9.80 Å². The van der Waals surface area contributed by atoms with Crippen molar-refractivity contribution in [2.45, 2.75) is 0 Å². The van der Waals surface area contributed by atoms with Crippen molar-refractivity contribution in [1.82, 2.24) is 0 Å². The molecule has 0 N–H and O–H groups in total. The van der Waals surface area contributed by atoms with Crippen LogP contribution >= 0.6 is 11.3 Å². The van der Waals surface area contributed by atoms with Crippen molar-refractivity contribution < 1.29 is 0 Å². The van der Waals surface area contributed by atoms with Crippen molar-refractivity contribution in [3.63, 3.8) is 0 Å². The monoisotopic (exact) mass is 670 g/mol. The molecule has 242 valence electrons. The number of nitrogens with zero attached hydrogens (tertiary/aromatic N) is 2. The molecule has 3 heteroatoms. The summed E-state index contributed by atoms with van der Waals surface area (Å²) in [6.45, 7) is 0. The van der Waals surface area contributed by atoms with Gasteiger partial charge in [0.05, 0.1) is 11.4 Å². The lowest BCUT2D eigenvalue weighted by Crippen LogP contribution is -2.11. The van der Waals surface area contributed by atoms with Crippen LogP contribution in [0.5, 0.6) is 0 Å². The number of hydrogen-bond donors (Lipinski definition) is 0. The van der Waals surface area contributed by atoms with Crippen LogP contribution in [0.4, 0.5) is 34.1 Å². The van der Waals surface area contributed by atoms with Crippen LogP contribution in [0.1, 0.15) is 0 Å². The molecule has 0 atom stereocenters. The van der Waals surface area contributed by atoms with E-state index in [0.29, 0.717) is 0 Å². The number of fused-ring (bicyclic) bond motifs is 3. The molecule has 51 heavy (non-hydrogen) atoms. The topological polar surface area (TPSA) is 6.48 Å². The number of rotatable bonds is 8. The maximum atomic E-state index is 2.41. The summed E-state index contributed by atoms with van der Waals surface area (Å²) in [6, 6.07) is 74.0. The lowest BCUT2D eigenvalue weighted by atomic mass is 10.0. The van der Waals surface area contributed by atoms with Gasteiger partial charge in [-0.1, -0.05) is 133 Å². The predicted molar refractivity (Wildman–Crippen MR) is 220 cm³/mol. The first-order valence-electron chi connectivity index (χ1n) is 17.3. The van der Waals surface area contributed by atoms with Crippen molar-refractivity contribution in [3.05, 3.63) is 206 Å². The van der Waals surface area contributed by atoms with Gasteiger partial charge >= 0.3 is 0 Å². The molecule has 0 aliphatic rings. The Kier molecular flexibility index (Phi) is 8.09. The Labute approximate surface area is 302 Å². The molecule has 8 aromatic carbocycles. The van der Waals surface area contributed by atoms with Crippen molar-refractivity contribution in [2.24, 2.45) is 0 Å². The van der Waals surface area contributed by atoms with Gasteiger partial charge in [-0.15, -0.1) is 11.3 Å². The highest BCUT2D eigenvalue weighted by atomic mass is 32.1. The standard InChI is InChI=1S/C48H34N2S/c1-5-16-35(17-6-1)36-28-30-40(31-29-36)50(44-25-14-13-24-42(44)37-18-7-2-8-19-37)41-32-33-46-43(34-41)48-45(26-15-27-47(48)51-46)49(38-20-9-3-10-21-38)39-22-11-4-12-23-39/h1-34H. The van der Waals surface area contributed by atoms with Gasteiger partial charge in [-0.3, -0.25) is 0 Å². The number of para-hydroxylation sites is 3. The molecule has 0 bridgehead atoms. The summed E-state index contributed by atoms with van der Waals surface area (Å²) >= 11 is 1.85. The van der Waals surface area contributed by atoms with E-state index in [4.69, 9.17) is 0 Å². The maximum Gasteiger partial charge on any atom is 0.0554 e. The van der Waals surface area contributed by atoms with Gasteiger partial charge in [0.2, 0.25) is 0 Å². The van der Waals surface area contributed by atoms with E-state index in [-0.39, 0.29) is 0 Å². The van der Waals surface area contributed by atoms with E-state index in [9.17, 15) is 0 Å². The lowest BCUT2D eigenvalue weighted by molar-refractivity contribution is 1.29. The summed E-state index contributed by atoms with van der Waals surface area (Å²) in [5.74, 6) is 0. The SMILES string of the molecule is c1ccc(-c2ccc(N(c3ccc4sc5cccc(N(c6ccccc6)c6ccccc6)c5c4c3)c3ccccc3-c3ccccc3)cc2)cc1. The van der Waals surface area contributed by atoms with Gasteiger partial charge in [0.1, 0.15) is 0 Å². The van der Waals surface area contributed by atoms with Crippen LogP contribution in [-0.4, -0.2) is 0 Å². The molecular weight excluding hydrogens is 637 g/mol. The Morgan fingerprint density at radius 1 is 0.314 bits per heavy atom. The molecule has 1 aromatic heterocycles. The normalized spacial score (nSPS) is 11.1. The minimum atomic E-state index is 1.10. The maximum absolute atomic E-state index is 2.41. The van der Waals surface area contributed by atoms with E-state index >= 15 is 0 Å². The number of anilines is 6. The Hall–Kier alpha value is -6.42. The zero-order valence-electron chi connectivity index (χ0n) is 27.9.